The van der Waals surface area contributed by atoms with Gasteiger partial charge >= 0.3 is 5.97 Å². The normalized spacial score (nSPS) is 20.1. The Morgan fingerprint density at radius 2 is 1.91 bits per heavy atom. The number of aliphatic carboxylic acids is 1. The standard InChI is InChI=1S/C16H20ClNO4/c1-18(15(19)13-7-8-14(13)16(20)21)9-2-10-22-12-5-3-11(17)4-6-12/h3-6,13-14H,2,7-10H2,1H3,(H,20,21). The van der Waals surface area contributed by atoms with Crippen LogP contribution in [-0.2, 0) is 9.59 Å². The first-order valence-corrected chi connectivity index (χ1v) is 7.73. The predicted molar refractivity (Wildman–Crippen MR) is 83.1 cm³/mol. The summed E-state index contributed by atoms with van der Waals surface area (Å²) in [7, 11) is 1.71. The third-order valence-corrected chi connectivity index (χ3v) is 4.26. The maximum absolute atomic E-state index is 12.1. The summed E-state index contributed by atoms with van der Waals surface area (Å²) in [4.78, 5) is 24.7. The first kappa shape index (κ1) is 16.6. The Hall–Kier alpha value is -1.75. The van der Waals surface area contributed by atoms with E-state index in [1.54, 1.807) is 36.2 Å². The second-order valence-corrected chi connectivity index (χ2v) is 5.98. The molecule has 1 aromatic rings. The first-order chi connectivity index (χ1) is 10.5. The number of nitrogens with zero attached hydrogens (tertiary/aromatic N) is 1. The van der Waals surface area contributed by atoms with Gasteiger partial charge in [-0.1, -0.05) is 11.6 Å². The Labute approximate surface area is 134 Å². The van der Waals surface area contributed by atoms with Gasteiger partial charge in [-0.2, -0.15) is 0 Å². The number of rotatable bonds is 7. The van der Waals surface area contributed by atoms with E-state index < -0.39 is 11.9 Å². The number of hydrogen-bond donors (Lipinski definition) is 1. The summed E-state index contributed by atoms with van der Waals surface area (Å²) in [5, 5.41) is 9.65. The number of benzene rings is 1. The molecule has 2 unspecified atom stereocenters. The van der Waals surface area contributed by atoms with Gasteiger partial charge in [0.2, 0.25) is 5.91 Å². The summed E-state index contributed by atoms with van der Waals surface area (Å²) in [6.07, 6.45) is 1.95. The summed E-state index contributed by atoms with van der Waals surface area (Å²) in [5.41, 5.74) is 0. The summed E-state index contributed by atoms with van der Waals surface area (Å²) in [5.74, 6) is -1.09. The number of amides is 1. The molecule has 1 aliphatic rings. The molecule has 1 fully saturated rings. The van der Waals surface area contributed by atoms with Crippen LogP contribution < -0.4 is 4.74 Å². The van der Waals surface area contributed by atoms with Gasteiger partial charge in [0.05, 0.1) is 18.4 Å². The van der Waals surface area contributed by atoms with Crippen LogP contribution >= 0.6 is 11.6 Å². The fraction of sp³-hybridized carbons (Fsp3) is 0.500. The van der Waals surface area contributed by atoms with Crippen molar-refractivity contribution in [2.45, 2.75) is 19.3 Å². The quantitative estimate of drug-likeness (QED) is 0.783. The summed E-state index contributed by atoms with van der Waals surface area (Å²) in [6.45, 7) is 1.04. The van der Waals surface area contributed by atoms with Crippen LogP contribution in [0.1, 0.15) is 19.3 Å². The molecule has 5 nitrogen and oxygen atoms in total. The number of ether oxygens (including phenoxy) is 1. The molecule has 1 amide bonds. The second kappa shape index (κ2) is 7.49. The van der Waals surface area contributed by atoms with E-state index in [0.717, 1.165) is 5.75 Å². The number of halogens is 1. The number of carboxylic acids is 1. The van der Waals surface area contributed by atoms with Gasteiger partial charge in [-0.05, 0) is 43.5 Å². The molecule has 1 saturated carbocycles. The molecule has 2 rings (SSSR count). The maximum atomic E-state index is 12.1. The smallest absolute Gasteiger partial charge is 0.307 e. The molecule has 1 aliphatic carbocycles. The van der Waals surface area contributed by atoms with Gasteiger partial charge in [0.25, 0.3) is 0 Å². The third-order valence-electron chi connectivity index (χ3n) is 4.01. The number of hydrogen-bond acceptors (Lipinski definition) is 3. The predicted octanol–water partition coefficient (Wildman–Crippen LogP) is 2.68. The minimum atomic E-state index is -0.871. The Morgan fingerprint density at radius 3 is 2.45 bits per heavy atom. The zero-order chi connectivity index (χ0) is 16.1. The fourth-order valence-corrected chi connectivity index (χ4v) is 2.63. The molecule has 0 bridgehead atoms. The average Bonchev–Trinajstić information content (AvgIpc) is 2.43. The van der Waals surface area contributed by atoms with Gasteiger partial charge in [-0.25, -0.2) is 0 Å². The van der Waals surface area contributed by atoms with Gasteiger partial charge in [0, 0.05) is 18.6 Å². The lowest BCUT2D eigenvalue weighted by Gasteiger charge is -2.35. The lowest BCUT2D eigenvalue weighted by molar-refractivity contribution is -0.156. The van der Waals surface area contributed by atoms with Crippen LogP contribution in [0.5, 0.6) is 5.75 Å². The molecule has 0 aromatic heterocycles. The van der Waals surface area contributed by atoms with Crippen molar-refractivity contribution in [1.82, 2.24) is 4.90 Å². The minimum Gasteiger partial charge on any atom is -0.494 e. The molecular formula is C16H20ClNO4. The van der Waals surface area contributed by atoms with E-state index in [0.29, 0.717) is 37.4 Å². The first-order valence-electron chi connectivity index (χ1n) is 7.35. The minimum absolute atomic E-state index is 0.0786. The second-order valence-electron chi connectivity index (χ2n) is 5.54. The van der Waals surface area contributed by atoms with Crippen LogP contribution in [0.15, 0.2) is 24.3 Å². The number of carboxylic acid groups (broad SMARTS) is 1. The molecule has 0 heterocycles. The molecule has 0 radical (unpaired) electrons. The van der Waals surface area contributed by atoms with Crippen molar-refractivity contribution in [3.05, 3.63) is 29.3 Å². The Kier molecular flexibility index (Phi) is 5.66. The highest BCUT2D eigenvalue weighted by molar-refractivity contribution is 6.30. The molecule has 0 aliphatic heterocycles. The summed E-state index contributed by atoms with van der Waals surface area (Å²) in [6, 6.07) is 7.11. The van der Waals surface area contributed by atoms with E-state index >= 15 is 0 Å². The van der Waals surface area contributed by atoms with Gasteiger partial charge < -0.3 is 14.7 Å². The zero-order valence-electron chi connectivity index (χ0n) is 12.5. The van der Waals surface area contributed by atoms with Crippen LogP contribution in [-0.4, -0.2) is 42.1 Å². The van der Waals surface area contributed by atoms with E-state index in [2.05, 4.69) is 0 Å². The van der Waals surface area contributed by atoms with Crippen molar-refractivity contribution in [3.63, 3.8) is 0 Å². The topological polar surface area (TPSA) is 66.8 Å². The Bertz CT molecular complexity index is 531. The van der Waals surface area contributed by atoms with Crippen molar-refractivity contribution in [2.75, 3.05) is 20.2 Å². The van der Waals surface area contributed by atoms with Gasteiger partial charge in [0.1, 0.15) is 5.75 Å². The molecule has 2 atom stereocenters. The van der Waals surface area contributed by atoms with Crippen molar-refractivity contribution in [3.8, 4) is 5.75 Å². The molecular weight excluding hydrogens is 306 g/mol. The molecule has 0 saturated heterocycles. The van der Waals surface area contributed by atoms with E-state index in [1.807, 2.05) is 0 Å². The monoisotopic (exact) mass is 325 g/mol. The highest BCUT2D eigenvalue weighted by Crippen LogP contribution is 2.35. The van der Waals surface area contributed by atoms with Crippen LogP contribution in [0, 0.1) is 11.8 Å². The SMILES string of the molecule is CN(CCCOc1ccc(Cl)cc1)C(=O)C1CCC1C(=O)O. The van der Waals surface area contributed by atoms with E-state index in [-0.39, 0.29) is 11.8 Å². The van der Waals surface area contributed by atoms with Gasteiger partial charge in [-0.3, -0.25) is 9.59 Å². The Balaban J connectivity index is 1.69. The van der Waals surface area contributed by atoms with Crippen LogP contribution in [0.3, 0.4) is 0 Å². The molecule has 1 aromatic carbocycles. The third kappa shape index (κ3) is 4.13. The summed E-state index contributed by atoms with van der Waals surface area (Å²) >= 11 is 5.79. The number of carbonyl (C=O) groups excluding carboxylic acids is 1. The maximum Gasteiger partial charge on any atom is 0.307 e. The average molecular weight is 326 g/mol. The van der Waals surface area contributed by atoms with E-state index in [9.17, 15) is 9.59 Å². The van der Waals surface area contributed by atoms with Crippen LogP contribution in [0.2, 0.25) is 5.02 Å². The molecule has 0 spiro atoms. The van der Waals surface area contributed by atoms with Crippen molar-refractivity contribution in [2.24, 2.45) is 11.8 Å². The van der Waals surface area contributed by atoms with Crippen molar-refractivity contribution in [1.29, 1.82) is 0 Å². The highest BCUT2D eigenvalue weighted by atomic mass is 35.5. The lowest BCUT2D eigenvalue weighted by atomic mass is 9.73. The van der Waals surface area contributed by atoms with Crippen LogP contribution in [0.25, 0.3) is 0 Å². The molecule has 6 heteroatoms. The van der Waals surface area contributed by atoms with Crippen LogP contribution in [0.4, 0.5) is 0 Å². The highest BCUT2D eigenvalue weighted by Gasteiger charge is 2.42. The van der Waals surface area contributed by atoms with Gasteiger partial charge in [-0.15, -0.1) is 0 Å². The summed E-state index contributed by atoms with van der Waals surface area (Å²) < 4.78 is 5.56. The number of carbonyl (C=O) groups is 2. The Morgan fingerprint density at radius 1 is 1.27 bits per heavy atom. The molecule has 1 N–H and O–H groups in total. The lowest BCUT2D eigenvalue weighted by Crippen LogP contribution is -2.45. The zero-order valence-corrected chi connectivity index (χ0v) is 13.3. The van der Waals surface area contributed by atoms with Crippen molar-refractivity contribution >= 4 is 23.5 Å². The largest absolute Gasteiger partial charge is 0.494 e. The fourth-order valence-electron chi connectivity index (χ4n) is 2.51. The van der Waals surface area contributed by atoms with Crippen molar-refractivity contribution < 1.29 is 19.4 Å². The van der Waals surface area contributed by atoms with Gasteiger partial charge in [0.15, 0.2) is 0 Å². The molecule has 22 heavy (non-hydrogen) atoms. The molecule has 120 valence electrons. The van der Waals surface area contributed by atoms with E-state index in [4.69, 9.17) is 21.4 Å². The van der Waals surface area contributed by atoms with E-state index in [1.165, 1.54) is 0 Å².